The van der Waals surface area contributed by atoms with Crippen LogP contribution < -0.4 is 0 Å². The monoisotopic (exact) mass is 483 g/mol. The Morgan fingerprint density at radius 3 is 2.59 bits per heavy atom. The Balaban J connectivity index is 1.64. The number of nitrogens with zero attached hydrogens (tertiary/aromatic N) is 1. The third-order valence-electron chi connectivity index (χ3n) is 6.77. The van der Waals surface area contributed by atoms with Gasteiger partial charge >= 0.3 is 0 Å². The first-order valence-electron chi connectivity index (χ1n) is 12.0. The molecule has 0 amide bonds. The second kappa shape index (κ2) is 7.66. The minimum absolute atomic E-state index is 0.0661. The second-order valence-electron chi connectivity index (χ2n) is 10.8. The molecule has 0 unspecified atom stereocenters. The highest BCUT2D eigenvalue weighted by molar-refractivity contribution is 7.26. The molecule has 172 valence electrons. The van der Waals surface area contributed by atoms with Gasteiger partial charge in [0.15, 0.2) is 0 Å². The molecule has 0 spiro atoms. The van der Waals surface area contributed by atoms with Crippen molar-refractivity contribution in [3.63, 3.8) is 0 Å². The third kappa shape index (κ3) is 3.38. The zero-order chi connectivity index (χ0) is 23.8. The smallest absolute Gasteiger partial charge is 0.136 e. The van der Waals surface area contributed by atoms with Crippen LogP contribution in [-0.2, 0) is 11.8 Å². The van der Waals surface area contributed by atoms with Crippen molar-refractivity contribution in [2.45, 2.75) is 53.4 Å². The van der Waals surface area contributed by atoms with Crippen LogP contribution >= 0.6 is 22.7 Å². The Hall–Kier alpha value is -2.69. The van der Waals surface area contributed by atoms with Gasteiger partial charge in [0, 0.05) is 48.4 Å². The summed E-state index contributed by atoms with van der Waals surface area (Å²) >= 11 is 3.66. The molecule has 0 aliphatic heterocycles. The molecule has 0 aliphatic carbocycles. The largest absolute Gasteiger partial charge is 0.461 e. The van der Waals surface area contributed by atoms with Crippen LogP contribution in [-0.4, -0.2) is 4.98 Å². The predicted octanol–water partition coefficient (Wildman–Crippen LogP) is 9.88. The first kappa shape index (κ1) is 21.8. The number of aryl methyl sites for hydroxylation is 1. The number of rotatable bonds is 3. The standard InChI is InChI=1S/C30H29NOS2/c1-16(2)11-23-17(3)20-14-21-26(15-24(20)32-23)34-25-7-9-31-28(27(21)25)19-12-18-8-10-33-29(18)22(13-19)30(4,5)6/h7-10,12-16H,11H2,1-6H3. The summed E-state index contributed by atoms with van der Waals surface area (Å²) in [5.41, 5.74) is 5.99. The quantitative estimate of drug-likeness (QED) is 0.250. The topological polar surface area (TPSA) is 26.0 Å². The molecule has 0 bridgehead atoms. The number of aromatic nitrogens is 1. The Morgan fingerprint density at radius 1 is 1.00 bits per heavy atom. The van der Waals surface area contributed by atoms with Crippen LogP contribution in [0, 0.1) is 12.8 Å². The lowest BCUT2D eigenvalue weighted by Crippen LogP contribution is -2.11. The van der Waals surface area contributed by atoms with Crippen molar-refractivity contribution in [2.24, 2.45) is 5.92 Å². The van der Waals surface area contributed by atoms with Gasteiger partial charge in [0.25, 0.3) is 0 Å². The van der Waals surface area contributed by atoms with Crippen LogP contribution in [0.4, 0.5) is 0 Å². The first-order chi connectivity index (χ1) is 16.2. The minimum Gasteiger partial charge on any atom is -0.461 e. The van der Waals surface area contributed by atoms with Crippen molar-refractivity contribution in [1.82, 2.24) is 4.98 Å². The fraction of sp³-hybridized carbons (Fsp3) is 0.300. The van der Waals surface area contributed by atoms with E-state index in [1.54, 1.807) is 0 Å². The first-order valence-corrected chi connectivity index (χ1v) is 13.7. The van der Waals surface area contributed by atoms with E-state index in [9.17, 15) is 0 Å². The normalized spacial score (nSPS) is 12.8. The van der Waals surface area contributed by atoms with Crippen LogP contribution in [0.1, 0.15) is 51.5 Å². The van der Waals surface area contributed by atoms with Crippen LogP contribution in [0.2, 0.25) is 0 Å². The molecule has 0 N–H and O–H groups in total. The van der Waals surface area contributed by atoms with Gasteiger partial charge in [-0.1, -0.05) is 34.6 Å². The van der Waals surface area contributed by atoms with Crippen molar-refractivity contribution in [3.8, 4) is 11.3 Å². The zero-order valence-electron chi connectivity index (χ0n) is 20.6. The van der Waals surface area contributed by atoms with Crippen molar-refractivity contribution in [1.29, 1.82) is 0 Å². The molecular formula is C30H29NOS2. The molecule has 2 aromatic carbocycles. The van der Waals surface area contributed by atoms with Gasteiger partial charge in [-0.3, -0.25) is 4.98 Å². The average molecular weight is 484 g/mol. The molecule has 6 rings (SSSR count). The van der Waals surface area contributed by atoms with Gasteiger partial charge in [-0.25, -0.2) is 0 Å². The summed E-state index contributed by atoms with van der Waals surface area (Å²) in [7, 11) is 0. The van der Waals surface area contributed by atoms with E-state index < -0.39 is 0 Å². The predicted molar refractivity (Wildman–Crippen MR) is 150 cm³/mol. The summed E-state index contributed by atoms with van der Waals surface area (Å²) in [5, 5.41) is 7.26. The molecule has 4 heterocycles. The lowest BCUT2D eigenvalue weighted by molar-refractivity contribution is 0.496. The highest BCUT2D eigenvalue weighted by Crippen LogP contribution is 2.44. The SMILES string of the molecule is Cc1c(CC(C)C)oc2cc3sc4ccnc(-c5cc(C(C)(C)C)c6sccc6c5)c4c3cc12. The number of hydrogen-bond donors (Lipinski definition) is 0. The Morgan fingerprint density at radius 2 is 1.82 bits per heavy atom. The number of thiophene rings is 2. The van der Waals surface area contributed by atoms with Crippen LogP contribution in [0.3, 0.4) is 0 Å². The summed E-state index contributed by atoms with van der Waals surface area (Å²) < 4.78 is 10.2. The summed E-state index contributed by atoms with van der Waals surface area (Å²) in [6.45, 7) is 13.6. The van der Waals surface area contributed by atoms with E-state index in [0.29, 0.717) is 5.92 Å². The van der Waals surface area contributed by atoms with E-state index in [1.165, 1.54) is 52.3 Å². The summed E-state index contributed by atoms with van der Waals surface area (Å²) in [4.78, 5) is 4.95. The number of pyridine rings is 1. The van der Waals surface area contributed by atoms with Gasteiger partial charge in [0.05, 0.1) is 5.69 Å². The lowest BCUT2D eigenvalue weighted by atomic mass is 9.85. The summed E-state index contributed by atoms with van der Waals surface area (Å²) in [6, 6.07) is 13.6. The van der Waals surface area contributed by atoms with Crippen molar-refractivity contribution >= 4 is 63.9 Å². The third-order valence-corrected chi connectivity index (χ3v) is 8.85. The van der Waals surface area contributed by atoms with E-state index >= 15 is 0 Å². The number of fused-ring (bicyclic) bond motifs is 5. The molecule has 0 radical (unpaired) electrons. The number of benzene rings is 2. The fourth-order valence-electron chi connectivity index (χ4n) is 5.05. The maximum absolute atomic E-state index is 6.31. The van der Waals surface area contributed by atoms with Crippen molar-refractivity contribution in [3.05, 3.63) is 64.9 Å². The van der Waals surface area contributed by atoms with Gasteiger partial charge in [0.2, 0.25) is 0 Å². The molecule has 0 fully saturated rings. The lowest BCUT2D eigenvalue weighted by Gasteiger charge is -2.21. The Bertz CT molecular complexity index is 1710. The molecule has 0 aliphatic rings. The van der Waals surface area contributed by atoms with Crippen LogP contribution in [0.15, 0.2) is 52.4 Å². The van der Waals surface area contributed by atoms with Crippen molar-refractivity contribution < 1.29 is 4.42 Å². The molecular weight excluding hydrogens is 454 g/mol. The number of hydrogen-bond acceptors (Lipinski definition) is 4. The molecule has 0 saturated carbocycles. The molecule has 0 atom stereocenters. The highest BCUT2D eigenvalue weighted by Gasteiger charge is 2.22. The maximum atomic E-state index is 6.31. The van der Waals surface area contributed by atoms with Gasteiger partial charge in [0.1, 0.15) is 11.3 Å². The van der Waals surface area contributed by atoms with Gasteiger partial charge in [-0.15, -0.1) is 22.7 Å². The zero-order valence-corrected chi connectivity index (χ0v) is 22.2. The number of furan rings is 1. The van der Waals surface area contributed by atoms with Gasteiger partial charge < -0.3 is 4.42 Å². The van der Waals surface area contributed by atoms with E-state index in [-0.39, 0.29) is 5.41 Å². The molecule has 4 aromatic heterocycles. The van der Waals surface area contributed by atoms with E-state index in [0.717, 1.165) is 23.5 Å². The minimum atomic E-state index is 0.0661. The average Bonchev–Trinajstić information content (AvgIpc) is 3.46. The van der Waals surface area contributed by atoms with Gasteiger partial charge in [-0.2, -0.15) is 0 Å². The Labute approximate surface area is 208 Å². The van der Waals surface area contributed by atoms with Crippen LogP contribution in [0.5, 0.6) is 0 Å². The summed E-state index contributed by atoms with van der Waals surface area (Å²) in [6.07, 6.45) is 2.93. The van der Waals surface area contributed by atoms with E-state index in [2.05, 4.69) is 83.3 Å². The Kier molecular flexibility index (Phi) is 4.91. The second-order valence-corrected chi connectivity index (χ2v) is 12.8. The van der Waals surface area contributed by atoms with E-state index in [1.807, 2.05) is 28.9 Å². The van der Waals surface area contributed by atoms with Crippen LogP contribution in [0.25, 0.3) is 52.5 Å². The van der Waals surface area contributed by atoms with Crippen molar-refractivity contribution in [2.75, 3.05) is 0 Å². The fourth-order valence-corrected chi connectivity index (χ4v) is 7.26. The highest BCUT2D eigenvalue weighted by atomic mass is 32.1. The van der Waals surface area contributed by atoms with Gasteiger partial charge in [-0.05, 0) is 76.5 Å². The molecule has 0 saturated heterocycles. The maximum Gasteiger partial charge on any atom is 0.136 e. The molecule has 34 heavy (non-hydrogen) atoms. The summed E-state index contributed by atoms with van der Waals surface area (Å²) in [5.74, 6) is 1.68. The van der Waals surface area contributed by atoms with E-state index in [4.69, 9.17) is 9.40 Å². The molecule has 2 nitrogen and oxygen atoms in total. The molecule has 4 heteroatoms. The molecule has 6 aromatic rings.